The molecule has 2 saturated heterocycles. The number of hydrogen-bond donors (Lipinski definition) is 2. The van der Waals surface area contributed by atoms with Crippen LogP contribution in [0, 0.1) is 0 Å². The number of hydrogen-bond acceptors (Lipinski definition) is 10. The summed E-state index contributed by atoms with van der Waals surface area (Å²) in [5.41, 5.74) is 5.98. The molecule has 1 atom stereocenters. The number of nitrogens with zero attached hydrogens (tertiary/aromatic N) is 6. The Morgan fingerprint density at radius 2 is 1.84 bits per heavy atom. The Hall–Kier alpha value is -2.76. The standard InChI is InChI=1S/C32H40BrN8O2PS/c1-5-21-18-26(28(43-2)19-27(21)40-15-10-22(11-16-40)41-14-6-7-17-45(41)42)38-32-36-20-23(33)31(39-32)37-25-9-8-24-29(30(25)44(3)4)35-13-12-34-24/h8-9,12-13,18-20,22H,5-7,10-11,14-17H2,1-4H3,(H2,36,37,38,39). The minimum absolute atomic E-state index is 0.396. The highest BCUT2D eigenvalue weighted by Crippen LogP contribution is 2.38. The topological polar surface area (TPSA) is 114 Å². The van der Waals surface area contributed by atoms with Crippen molar-refractivity contribution in [2.75, 3.05) is 61.4 Å². The predicted molar refractivity (Wildman–Crippen MR) is 191 cm³/mol. The first kappa shape index (κ1) is 32.2. The van der Waals surface area contributed by atoms with Crippen molar-refractivity contribution in [1.82, 2.24) is 24.2 Å². The van der Waals surface area contributed by atoms with E-state index in [1.54, 1.807) is 25.7 Å². The molecular weight excluding hydrogens is 671 g/mol. The van der Waals surface area contributed by atoms with Crippen molar-refractivity contribution < 1.29 is 9.29 Å². The van der Waals surface area contributed by atoms with Gasteiger partial charge in [-0.2, -0.15) is 4.98 Å². The number of ether oxygens (including phenoxy) is 1. The van der Waals surface area contributed by atoms with E-state index in [0.717, 1.165) is 95.4 Å². The second kappa shape index (κ2) is 14.3. The first-order valence-electron chi connectivity index (χ1n) is 15.4. The summed E-state index contributed by atoms with van der Waals surface area (Å²) in [5.74, 6) is 2.66. The van der Waals surface area contributed by atoms with E-state index >= 15 is 0 Å². The van der Waals surface area contributed by atoms with E-state index in [1.807, 2.05) is 12.1 Å². The fraction of sp³-hybridized carbons (Fsp3) is 0.438. The SMILES string of the molecule is CCc1cc(Nc2ncc(Br)c(Nc3ccc4nccnc4c3P(C)C)n2)c(OC)cc1N1CCC(N2CCCC[S+]2[O-])CC1. The zero-order valence-electron chi connectivity index (χ0n) is 26.2. The van der Waals surface area contributed by atoms with Crippen molar-refractivity contribution in [2.45, 2.75) is 45.1 Å². The molecule has 238 valence electrons. The summed E-state index contributed by atoms with van der Waals surface area (Å²) in [6.07, 6.45) is 10.3. The quantitative estimate of drug-likeness (QED) is 0.151. The second-order valence-corrected chi connectivity index (χ2v) is 16.2. The molecule has 0 saturated carbocycles. The zero-order valence-corrected chi connectivity index (χ0v) is 29.5. The van der Waals surface area contributed by atoms with E-state index in [1.165, 1.54) is 11.3 Å². The zero-order chi connectivity index (χ0) is 31.5. The van der Waals surface area contributed by atoms with Crippen molar-refractivity contribution in [1.29, 1.82) is 0 Å². The van der Waals surface area contributed by atoms with Gasteiger partial charge in [-0.1, -0.05) is 14.8 Å². The van der Waals surface area contributed by atoms with Crippen LogP contribution in [0.15, 0.2) is 47.3 Å². The average molecular weight is 712 g/mol. The molecule has 45 heavy (non-hydrogen) atoms. The smallest absolute Gasteiger partial charge is 0.229 e. The van der Waals surface area contributed by atoms with Crippen LogP contribution in [-0.4, -0.2) is 80.7 Å². The van der Waals surface area contributed by atoms with Crippen LogP contribution < -0.4 is 25.6 Å². The lowest BCUT2D eigenvalue weighted by Crippen LogP contribution is -2.50. The molecule has 2 aliphatic rings. The summed E-state index contributed by atoms with van der Waals surface area (Å²) >= 11 is 2.81. The van der Waals surface area contributed by atoms with Crippen LogP contribution in [0.3, 0.4) is 0 Å². The van der Waals surface area contributed by atoms with Gasteiger partial charge in [-0.15, -0.1) is 4.31 Å². The molecule has 10 nitrogen and oxygen atoms in total. The number of anilines is 5. The van der Waals surface area contributed by atoms with E-state index in [4.69, 9.17) is 9.72 Å². The monoisotopic (exact) mass is 710 g/mol. The lowest BCUT2D eigenvalue weighted by Gasteiger charge is -2.40. The number of piperidine rings is 1. The van der Waals surface area contributed by atoms with Crippen LogP contribution in [0.4, 0.5) is 28.8 Å². The third-order valence-corrected chi connectivity index (χ3v) is 12.1. The van der Waals surface area contributed by atoms with Gasteiger partial charge in [0.1, 0.15) is 17.3 Å². The number of aryl methyl sites for hydroxylation is 1. The van der Waals surface area contributed by atoms with Gasteiger partial charge in [0, 0.05) is 72.3 Å². The fourth-order valence-electron chi connectivity index (χ4n) is 6.25. The molecule has 0 bridgehead atoms. The summed E-state index contributed by atoms with van der Waals surface area (Å²) in [4.78, 5) is 21.0. The van der Waals surface area contributed by atoms with E-state index in [0.29, 0.717) is 17.8 Å². The number of nitrogens with one attached hydrogen (secondary N) is 2. The van der Waals surface area contributed by atoms with Crippen LogP contribution in [0.5, 0.6) is 5.75 Å². The van der Waals surface area contributed by atoms with Gasteiger partial charge >= 0.3 is 0 Å². The molecule has 4 aromatic rings. The predicted octanol–water partition coefficient (Wildman–Crippen LogP) is 6.34. The van der Waals surface area contributed by atoms with Crippen LogP contribution in [0.2, 0.25) is 0 Å². The molecule has 4 heterocycles. The Bertz CT molecular complexity index is 1660. The first-order valence-corrected chi connectivity index (χ1v) is 19.7. The molecule has 13 heteroatoms. The Balaban J connectivity index is 1.22. The number of fused-ring (bicyclic) bond motifs is 1. The van der Waals surface area contributed by atoms with Crippen LogP contribution in [0.1, 0.15) is 38.2 Å². The molecular formula is C32H40BrN8O2PS. The number of aromatic nitrogens is 4. The van der Waals surface area contributed by atoms with Crippen molar-refractivity contribution in [3.8, 4) is 5.75 Å². The summed E-state index contributed by atoms with van der Waals surface area (Å²) in [7, 11) is 1.22. The van der Waals surface area contributed by atoms with Gasteiger partial charge in [0.15, 0.2) is 0 Å². The normalized spacial score (nSPS) is 18.0. The molecule has 1 unspecified atom stereocenters. The van der Waals surface area contributed by atoms with E-state index in [-0.39, 0.29) is 0 Å². The molecule has 0 amide bonds. The number of methoxy groups -OCH3 is 1. The molecule has 0 spiro atoms. The van der Waals surface area contributed by atoms with Crippen molar-refractivity contribution >= 4 is 80.4 Å². The van der Waals surface area contributed by atoms with Crippen molar-refractivity contribution in [3.63, 3.8) is 0 Å². The van der Waals surface area contributed by atoms with Crippen LogP contribution >= 0.6 is 23.9 Å². The van der Waals surface area contributed by atoms with Gasteiger partial charge in [0.2, 0.25) is 5.95 Å². The lowest BCUT2D eigenvalue weighted by molar-refractivity contribution is 0.261. The summed E-state index contributed by atoms with van der Waals surface area (Å²) in [6, 6.07) is 8.70. The van der Waals surface area contributed by atoms with Gasteiger partial charge < -0.3 is 24.8 Å². The van der Waals surface area contributed by atoms with E-state index in [9.17, 15) is 4.55 Å². The molecule has 2 fully saturated rings. The van der Waals surface area contributed by atoms with Gasteiger partial charge in [-0.25, -0.2) is 4.98 Å². The molecule has 2 aliphatic heterocycles. The second-order valence-electron chi connectivity index (χ2n) is 11.5. The highest BCUT2D eigenvalue weighted by atomic mass is 79.9. The maximum absolute atomic E-state index is 12.6. The highest BCUT2D eigenvalue weighted by molar-refractivity contribution is 9.10. The third-order valence-electron chi connectivity index (χ3n) is 8.51. The van der Waals surface area contributed by atoms with Gasteiger partial charge in [0.25, 0.3) is 0 Å². The molecule has 0 radical (unpaired) electrons. The fourth-order valence-corrected chi connectivity index (χ4v) is 9.31. The Morgan fingerprint density at radius 1 is 1.04 bits per heavy atom. The lowest BCUT2D eigenvalue weighted by atomic mass is 10.0. The Labute approximate surface area is 278 Å². The molecule has 2 N–H and O–H groups in total. The molecule has 2 aromatic carbocycles. The summed E-state index contributed by atoms with van der Waals surface area (Å²) < 4.78 is 21.5. The van der Waals surface area contributed by atoms with Gasteiger partial charge in [-0.3, -0.25) is 9.97 Å². The minimum Gasteiger partial charge on any atom is -0.598 e. The maximum atomic E-state index is 12.6. The van der Waals surface area contributed by atoms with Crippen LogP contribution in [-0.2, 0) is 17.8 Å². The minimum atomic E-state index is -0.827. The van der Waals surface area contributed by atoms with Crippen LogP contribution in [0.25, 0.3) is 11.0 Å². The number of benzene rings is 2. The third kappa shape index (κ3) is 7.00. The highest BCUT2D eigenvalue weighted by Gasteiger charge is 2.34. The summed E-state index contributed by atoms with van der Waals surface area (Å²) in [5, 5.41) is 8.09. The summed E-state index contributed by atoms with van der Waals surface area (Å²) in [6.45, 7) is 9.44. The number of halogens is 1. The average Bonchev–Trinajstić information content (AvgIpc) is 3.06. The largest absolute Gasteiger partial charge is 0.598 e. The van der Waals surface area contributed by atoms with Gasteiger partial charge in [-0.05, 0) is 85.1 Å². The Kier molecular flexibility index (Phi) is 10.3. The van der Waals surface area contributed by atoms with E-state index < -0.39 is 19.3 Å². The first-order chi connectivity index (χ1) is 21.9. The maximum Gasteiger partial charge on any atom is 0.229 e. The van der Waals surface area contributed by atoms with Crippen molar-refractivity contribution in [2.24, 2.45) is 0 Å². The Morgan fingerprint density at radius 3 is 2.58 bits per heavy atom. The molecule has 2 aromatic heterocycles. The molecule has 0 aliphatic carbocycles. The molecule has 6 rings (SSSR count). The van der Waals surface area contributed by atoms with Gasteiger partial charge in [0.05, 0.1) is 34.3 Å². The van der Waals surface area contributed by atoms with Crippen molar-refractivity contribution in [3.05, 3.63) is 52.9 Å². The van der Waals surface area contributed by atoms with E-state index in [2.05, 4.69) is 83.1 Å². The number of rotatable bonds is 9.